The fourth-order valence-electron chi connectivity index (χ4n) is 2.02. The summed E-state index contributed by atoms with van der Waals surface area (Å²) in [6.07, 6.45) is 1.90. The van der Waals surface area contributed by atoms with Gasteiger partial charge in [0.2, 0.25) is 0 Å². The van der Waals surface area contributed by atoms with Crippen molar-refractivity contribution in [1.29, 1.82) is 5.26 Å². The number of nitrogens with one attached hydrogen (secondary N) is 1. The minimum absolute atomic E-state index is 0.00476. The van der Waals surface area contributed by atoms with E-state index in [-0.39, 0.29) is 30.9 Å². The van der Waals surface area contributed by atoms with Crippen LogP contribution in [0, 0.1) is 11.3 Å². The molecule has 2 aromatic rings. The highest BCUT2D eigenvalue weighted by Gasteiger charge is 2.17. The lowest BCUT2D eigenvalue weighted by atomic mass is 10.2. The molecule has 0 saturated heterocycles. The first-order valence-electron chi connectivity index (χ1n) is 7.25. The molecule has 120 valence electrons. The summed E-state index contributed by atoms with van der Waals surface area (Å²) in [7, 11) is 0. The van der Waals surface area contributed by atoms with Crippen LogP contribution in [-0.4, -0.2) is 23.7 Å². The molecule has 0 radical (unpaired) electrons. The van der Waals surface area contributed by atoms with Crippen LogP contribution in [0.1, 0.15) is 35.0 Å². The number of carbonyl (C=O) groups excluding carboxylic acids is 1. The second-order valence-electron chi connectivity index (χ2n) is 5.09. The maximum atomic E-state index is 12.1. The zero-order valence-electron chi connectivity index (χ0n) is 12.8. The van der Waals surface area contributed by atoms with Crippen LogP contribution in [0.25, 0.3) is 0 Å². The predicted molar refractivity (Wildman–Crippen MR) is 82.8 cm³/mol. The zero-order valence-corrected chi connectivity index (χ0v) is 12.8. The molecule has 0 saturated carbocycles. The molecule has 2 rings (SSSR count). The average Bonchev–Trinajstić information content (AvgIpc) is 3.02. The summed E-state index contributed by atoms with van der Waals surface area (Å²) in [4.78, 5) is 12.1. The lowest BCUT2D eigenvalue weighted by Crippen LogP contribution is -2.33. The van der Waals surface area contributed by atoms with Gasteiger partial charge < -0.3 is 19.6 Å². The lowest BCUT2D eigenvalue weighted by Gasteiger charge is -2.12. The van der Waals surface area contributed by atoms with E-state index in [4.69, 9.17) is 19.5 Å². The molecule has 1 aromatic heterocycles. The van der Waals surface area contributed by atoms with Crippen LogP contribution in [0.2, 0.25) is 0 Å². The first-order chi connectivity index (χ1) is 11.1. The van der Waals surface area contributed by atoms with E-state index < -0.39 is 0 Å². The molecule has 0 aliphatic heterocycles. The van der Waals surface area contributed by atoms with Gasteiger partial charge in [0.15, 0.2) is 5.76 Å². The van der Waals surface area contributed by atoms with Crippen molar-refractivity contribution in [1.82, 2.24) is 5.32 Å². The molecule has 0 aliphatic carbocycles. The summed E-state index contributed by atoms with van der Waals surface area (Å²) >= 11 is 0. The molecule has 6 heteroatoms. The number of amides is 1. The fourth-order valence-corrected chi connectivity index (χ4v) is 2.02. The Morgan fingerprint density at radius 2 is 2.30 bits per heavy atom. The van der Waals surface area contributed by atoms with Gasteiger partial charge in [-0.05, 0) is 37.6 Å². The van der Waals surface area contributed by atoms with Crippen LogP contribution in [-0.2, 0) is 6.61 Å². The summed E-state index contributed by atoms with van der Waals surface area (Å²) in [6, 6.07) is 10.3. The van der Waals surface area contributed by atoms with Crippen LogP contribution in [0.3, 0.4) is 0 Å². The average molecular weight is 314 g/mol. The number of aliphatic hydroxyl groups is 1. The van der Waals surface area contributed by atoms with Crippen molar-refractivity contribution >= 4 is 5.91 Å². The third kappa shape index (κ3) is 4.59. The second-order valence-corrected chi connectivity index (χ2v) is 5.09. The summed E-state index contributed by atoms with van der Waals surface area (Å²) < 4.78 is 10.8. The van der Waals surface area contributed by atoms with Gasteiger partial charge in [0.05, 0.1) is 17.9 Å². The zero-order chi connectivity index (χ0) is 16.7. The molecule has 1 unspecified atom stereocenters. The summed E-state index contributed by atoms with van der Waals surface area (Å²) in [5, 5.41) is 20.5. The molecule has 1 aromatic carbocycles. The van der Waals surface area contributed by atoms with Crippen molar-refractivity contribution in [3.05, 3.63) is 53.5 Å². The van der Waals surface area contributed by atoms with Gasteiger partial charge in [-0.15, -0.1) is 0 Å². The SMILES string of the molecule is CC(CCO)NC(=O)c1occc1COc1cccc(C#N)c1. The maximum absolute atomic E-state index is 12.1. The van der Waals surface area contributed by atoms with Crippen LogP contribution in [0.5, 0.6) is 5.75 Å². The minimum Gasteiger partial charge on any atom is -0.489 e. The Labute approximate surface area is 134 Å². The summed E-state index contributed by atoms with van der Waals surface area (Å²) in [5.74, 6) is 0.386. The van der Waals surface area contributed by atoms with Crippen molar-refractivity contribution in [3.8, 4) is 11.8 Å². The molecule has 1 amide bonds. The minimum atomic E-state index is -0.347. The number of carbonyl (C=O) groups is 1. The smallest absolute Gasteiger partial charge is 0.287 e. The van der Waals surface area contributed by atoms with Crippen molar-refractivity contribution in [2.24, 2.45) is 0 Å². The molecule has 23 heavy (non-hydrogen) atoms. The van der Waals surface area contributed by atoms with Crippen molar-refractivity contribution in [3.63, 3.8) is 0 Å². The Morgan fingerprint density at radius 1 is 1.48 bits per heavy atom. The molecule has 0 fully saturated rings. The molecule has 0 bridgehead atoms. The Hall–Kier alpha value is -2.78. The van der Waals surface area contributed by atoms with Crippen LogP contribution in [0.4, 0.5) is 0 Å². The summed E-state index contributed by atoms with van der Waals surface area (Å²) in [5.41, 5.74) is 1.12. The summed E-state index contributed by atoms with van der Waals surface area (Å²) in [6.45, 7) is 1.97. The van der Waals surface area contributed by atoms with E-state index in [1.165, 1.54) is 6.26 Å². The number of ether oxygens (including phenoxy) is 1. The second kappa shape index (κ2) is 8.01. The highest BCUT2D eigenvalue weighted by atomic mass is 16.5. The molecule has 2 N–H and O–H groups in total. The number of nitrogens with zero attached hydrogens (tertiary/aromatic N) is 1. The molecule has 0 aliphatic rings. The topological polar surface area (TPSA) is 95.5 Å². The van der Waals surface area contributed by atoms with Crippen LogP contribution in [0.15, 0.2) is 41.0 Å². The Bertz CT molecular complexity index is 703. The largest absolute Gasteiger partial charge is 0.489 e. The number of aliphatic hydroxyl groups excluding tert-OH is 1. The van der Waals surface area contributed by atoms with Crippen molar-refractivity contribution in [2.45, 2.75) is 26.0 Å². The number of furan rings is 1. The van der Waals surface area contributed by atoms with E-state index in [1.807, 2.05) is 6.07 Å². The number of hydrogen-bond acceptors (Lipinski definition) is 5. The van der Waals surface area contributed by atoms with Gasteiger partial charge in [-0.25, -0.2) is 0 Å². The molecular weight excluding hydrogens is 296 g/mol. The van der Waals surface area contributed by atoms with Gasteiger partial charge in [0.25, 0.3) is 5.91 Å². The van der Waals surface area contributed by atoms with Crippen LogP contribution >= 0.6 is 0 Å². The first kappa shape index (κ1) is 16.6. The molecule has 1 atom stereocenters. The highest BCUT2D eigenvalue weighted by Crippen LogP contribution is 2.17. The van der Waals surface area contributed by atoms with Crippen molar-refractivity contribution < 1.29 is 19.1 Å². The van der Waals surface area contributed by atoms with Gasteiger partial charge >= 0.3 is 0 Å². The van der Waals surface area contributed by atoms with E-state index in [0.717, 1.165) is 0 Å². The van der Waals surface area contributed by atoms with E-state index >= 15 is 0 Å². The monoisotopic (exact) mass is 314 g/mol. The molecule has 6 nitrogen and oxygen atoms in total. The van der Waals surface area contributed by atoms with E-state index in [1.54, 1.807) is 37.3 Å². The Balaban J connectivity index is 2.00. The Kier molecular flexibility index (Phi) is 5.78. The fraction of sp³-hybridized carbons (Fsp3) is 0.294. The van der Waals surface area contributed by atoms with E-state index in [0.29, 0.717) is 23.3 Å². The number of benzene rings is 1. The lowest BCUT2D eigenvalue weighted by molar-refractivity contribution is 0.0903. The Morgan fingerprint density at radius 3 is 3.04 bits per heavy atom. The predicted octanol–water partition coefficient (Wildman–Crippen LogP) is 2.23. The quantitative estimate of drug-likeness (QED) is 0.817. The van der Waals surface area contributed by atoms with Gasteiger partial charge in [-0.1, -0.05) is 6.07 Å². The molecule has 0 spiro atoms. The van der Waals surface area contributed by atoms with Gasteiger partial charge in [0, 0.05) is 18.2 Å². The highest BCUT2D eigenvalue weighted by molar-refractivity contribution is 5.93. The van der Waals surface area contributed by atoms with Crippen molar-refractivity contribution in [2.75, 3.05) is 6.61 Å². The first-order valence-corrected chi connectivity index (χ1v) is 7.25. The van der Waals surface area contributed by atoms with Crippen LogP contribution < -0.4 is 10.1 Å². The van der Waals surface area contributed by atoms with Gasteiger partial charge in [0.1, 0.15) is 12.4 Å². The van der Waals surface area contributed by atoms with Gasteiger partial charge in [-0.2, -0.15) is 5.26 Å². The number of nitriles is 1. The number of rotatable bonds is 7. The normalized spacial score (nSPS) is 11.5. The third-order valence-corrected chi connectivity index (χ3v) is 3.25. The van der Waals surface area contributed by atoms with Gasteiger partial charge in [-0.3, -0.25) is 4.79 Å². The molecule has 1 heterocycles. The van der Waals surface area contributed by atoms with E-state index in [2.05, 4.69) is 5.32 Å². The van der Waals surface area contributed by atoms with E-state index in [9.17, 15) is 4.79 Å². The third-order valence-electron chi connectivity index (χ3n) is 3.25. The maximum Gasteiger partial charge on any atom is 0.287 e. The number of hydrogen-bond donors (Lipinski definition) is 2. The molecular formula is C17H18N2O4. The standard InChI is InChI=1S/C17H18N2O4/c1-12(5-7-20)19-17(21)16-14(6-8-22-16)11-23-15-4-2-3-13(9-15)10-18/h2-4,6,8-9,12,20H,5,7,11H2,1H3,(H,19,21).